The first-order valence-corrected chi connectivity index (χ1v) is 3.72. The van der Waals surface area contributed by atoms with Crippen LogP contribution in [0.1, 0.15) is 38.3 Å². The van der Waals surface area contributed by atoms with E-state index in [0.29, 0.717) is 11.8 Å². The average molecular weight is 151 g/mol. The minimum absolute atomic E-state index is 0.423. The van der Waals surface area contributed by atoms with Crippen molar-refractivity contribution in [1.29, 1.82) is 0 Å². The molecule has 2 nitrogen and oxygen atoms in total. The molecular weight excluding hydrogens is 138 g/mol. The summed E-state index contributed by atoms with van der Waals surface area (Å²) < 4.78 is 5.18. The maximum Gasteiger partial charge on any atom is 0.221 e. The fraction of sp³-hybridized carbons (Fsp3) is 0.444. The van der Waals surface area contributed by atoms with Gasteiger partial charge in [0.15, 0.2) is 0 Å². The maximum absolute atomic E-state index is 5.18. The van der Waals surface area contributed by atoms with Crippen LogP contribution >= 0.6 is 0 Å². The van der Waals surface area contributed by atoms with E-state index in [9.17, 15) is 0 Å². The van der Waals surface area contributed by atoms with Gasteiger partial charge in [0.25, 0.3) is 0 Å². The summed E-state index contributed by atoms with van der Waals surface area (Å²) in [6.07, 6.45) is 1.69. The zero-order valence-electron chi connectivity index (χ0n) is 7.22. The fourth-order valence-electron chi connectivity index (χ4n) is 0.747. The van der Waals surface area contributed by atoms with Crippen molar-refractivity contribution in [3.8, 4) is 0 Å². The van der Waals surface area contributed by atoms with Crippen LogP contribution in [0.15, 0.2) is 17.3 Å². The fourth-order valence-corrected chi connectivity index (χ4v) is 0.747. The highest BCUT2D eigenvalue weighted by molar-refractivity contribution is 5.52. The molecule has 0 bridgehead atoms. The molecule has 1 aromatic heterocycles. The van der Waals surface area contributed by atoms with Gasteiger partial charge >= 0.3 is 0 Å². The number of hydrogen-bond acceptors (Lipinski definition) is 2. The number of rotatable bonds is 2. The van der Waals surface area contributed by atoms with E-state index in [2.05, 4.69) is 25.4 Å². The van der Waals surface area contributed by atoms with Crippen LogP contribution in [0.2, 0.25) is 0 Å². The lowest BCUT2D eigenvalue weighted by Gasteiger charge is -1.94. The topological polar surface area (TPSA) is 26.0 Å². The Labute approximate surface area is 66.9 Å². The normalized spacial score (nSPS) is 10.5. The Bertz CT molecular complexity index is 260. The molecule has 0 aliphatic rings. The van der Waals surface area contributed by atoms with E-state index >= 15 is 0 Å². The van der Waals surface area contributed by atoms with Gasteiger partial charge in [0.2, 0.25) is 5.89 Å². The first-order valence-electron chi connectivity index (χ1n) is 3.72. The van der Waals surface area contributed by atoms with Gasteiger partial charge < -0.3 is 4.42 Å². The quantitative estimate of drug-likeness (QED) is 0.649. The van der Waals surface area contributed by atoms with Crippen molar-refractivity contribution in [3.05, 3.63) is 24.4 Å². The molecule has 0 saturated heterocycles. The average Bonchev–Trinajstić information content (AvgIpc) is 2.33. The Morgan fingerprint density at radius 2 is 2.27 bits per heavy atom. The van der Waals surface area contributed by atoms with Crippen LogP contribution in [0.4, 0.5) is 0 Å². The van der Waals surface area contributed by atoms with Crippen molar-refractivity contribution in [2.24, 2.45) is 0 Å². The summed E-state index contributed by atoms with van der Waals surface area (Å²) in [6, 6.07) is 0. The van der Waals surface area contributed by atoms with Crippen LogP contribution in [-0.2, 0) is 0 Å². The van der Waals surface area contributed by atoms with Crippen molar-refractivity contribution in [1.82, 2.24) is 4.98 Å². The van der Waals surface area contributed by atoms with Crippen molar-refractivity contribution in [2.75, 3.05) is 0 Å². The molecule has 0 spiro atoms. The summed E-state index contributed by atoms with van der Waals surface area (Å²) in [6.45, 7) is 9.79. The Balaban J connectivity index is 2.90. The second kappa shape index (κ2) is 2.91. The summed E-state index contributed by atoms with van der Waals surface area (Å²) >= 11 is 0. The van der Waals surface area contributed by atoms with Crippen molar-refractivity contribution >= 4 is 5.57 Å². The summed E-state index contributed by atoms with van der Waals surface area (Å²) in [5, 5.41) is 0. The van der Waals surface area contributed by atoms with Crippen molar-refractivity contribution in [3.63, 3.8) is 0 Å². The third kappa shape index (κ3) is 1.70. The third-order valence-corrected chi connectivity index (χ3v) is 1.48. The summed E-state index contributed by atoms with van der Waals surface area (Å²) in [4.78, 5) is 4.24. The van der Waals surface area contributed by atoms with E-state index in [0.717, 1.165) is 11.3 Å². The van der Waals surface area contributed by atoms with Gasteiger partial charge in [0.1, 0.15) is 6.26 Å². The highest BCUT2D eigenvalue weighted by atomic mass is 16.3. The summed E-state index contributed by atoms with van der Waals surface area (Å²) in [5.74, 6) is 1.07. The largest absolute Gasteiger partial charge is 0.445 e. The van der Waals surface area contributed by atoms with E-state index in [-0.39, 0.29) is 0 Å². The molecule has 1 aromatic rings. The van der Waals surface area contributed by atoms with Crippen molar-refractivity contribution < 1.29 is 4.42 Å². The minimum Gasteiger partial charge on any atom is -0.445 e. The van der Waals surface area contributed by atoms with E-state index < -0.39 is 0 Å². The van der Waals surface area contributed by atoms with Gasteiger partial charge in [0, 0.05) is 5.57 Å². The van der Waals surface area contributed by atoms with Crippen LogP contribution in [0.3, 0.4) is 0 Å². The zero-order chi connectivity index (χ0) is 8.43. The molecule has 11 heavy (non-hydrogen) atoms. The first kappa shape index (κ1) is 8.05. The summed E-state index contributed by atoms with van der Waals surface area (Å²) in [7, 11) is 0. The SMILES string of the molecule is C=C(C)c1nc(C(C)C)co1. The molecule has 0 atom stereocenters. The van der Waals surface area contributed by atoms with Gasteiger partial charge in [-0.1, -0.05) is 20.4 Å². The van der Waals surface area contributed by atoms with Gasteiger partial charge in [-0.3, -0.25) is 0 Å². The Kier molecular flexibility index (Phi) is 2.13. The van der Waals surface area contributed by atoms with Crippen LogP contribution in [0.25, 0.3) is 5.57 Å². The van der Waals surface area contributed by atoms with Crippen molar-refractivity contribution in [2.45, 2.75) is 26.7 Å². The van der Waals surface area contributed by atoms with Gasteiger partial charge in [-0.05, 0) is 12.8 Å². The predicted octanol–water partition coefficient (Wildman–Crippen LogP) is 2.83. The highest BCUT2D eigenvalue weighted by Gasteiger charge is 2.06. The molecule has 60 valence electrons. The molecule has 0 aromatic carbocycles. The predicted molar refractivity (Wildman–Crippen MR) is 45.3 cm³/mol. The molecule has 2 heteroatoms. The van der Waals surface area contributed by atoms with Gasteiger partial charge in [-0.15, -0.1) is 0 Å². The molecule has 0 radical (unpaired) electrons. The number of allylic oxidation sites excluding steroid dienone is 1. The van der Waals surface area contributed by atoms with E-state index in [1.54, 1.807) is 6.26 Å². The number of hydrogen-bond donors (Lipinski definition) is 0. The number of aromatic nitrogens is 1. The Morgan fingerprint density at radius 1 is 1.64 bits per heavy atom. The molecule has 0 fully saturated rings. The van der Waals surface area contributed by atoms with Crippen LogP contribution in [0.5, 0.6) is 0 Å². The second-order valence-corrected chi connectivity index (χ2v) is 3.01. The lowest BCUT2D eigenvalue weighted by molar-refractivity contribution is 0.540. The molecule has 0 aliphatic carbocycles. The molecule has 0 N–H and O–H groups in total. The number of nitrogens with zero attached hydrogens (tertiary/aromatic N) is 1. The molecule has 1 rings (SSSR count). The number of oxazole rings is 1. The zero-order valence-corrected chi connectivity index (χ0v) is 7.22. The molecule has 0 unspecified atom stereocenters. The molecular formula is C9H13NO. The standard InChI is InChI=1S/C9H13NO/c1-6(2)8-5-11-9(10-8)7(3)4/h5-6H,3H2,1-2,4H3. The lowest BCUT2D eigenvalue weighted by Crippen LogP contribution is -1.86. The van der Waals surface area contributed by atoms with E-state index in [1.807, 2.05) is 6.92 Å². The monoisotopic (exact) mass is 151 g/mol. The van der Waals surface area contributed by atoms with Gasteiger partial charge in [-0.25, -0.2) is 4.98 Å². The van der Waals surface area contributed by atoms with Crippen LogP contribution < -0.4 is 0 Å². The molecule has 0 amide bonds. The van der Waals surface area contributed by atoms with E-state index in [4.69, 9.17) is 4.42 Å². The molecule has 0 aliphatic heterocycles. The molecule has 1 heterocycles. The Morgan fingerprint density at radius 3 is 2.55 bits per heavy atom. The van der Waals surface area contributed by atoms with Crippen LogP contribution in [0, 0.1) is 0 Å². The first-order chi connectivity index (χ1) is 5.11. The second-order valence-electron chi connectivity index (χ2n) is 3.01. The highest BCUT2D eigenvalue weighted by Crippen LogP contribution is 2.16. The minimum atomic E-state index is 0.423. The Hall–Kier alpha value is -1.05. The molecule has 0 saturated carbocycles. The third-order valence-electron chi connectivity index (χ3n) is 1.48. The summed E-state index contributed by atoms with van der Waals surface area (Å²) in [5.41, 5.74) is 1.86. The van der Waals surface area contributed by atoms with Gasteiger partial charge in [-0.2, -0.15) is 0 Å². The lowest BCUT2D eigenvalue weighted by atomic mass is 10.2. The van der Waals surface area contributed by atoms with Crippen LogP contribution in [-0.4, -0.2) is 4.98 Å². The maximum atomic E-state index is 5.18. The van der Waals surface area contributed by atoms with E-state index in [1.165, 1.54) is 0 Å². The van der Waals surface area contributed by atoms with Gasteiger partial charge in [0.05, 0.1) is 5.69 Å². The smallest absolute Gasteiger partial charge is 0.221 e.